The van der Waals surface area contributed by atoms with Crippen molar-refractivity contribution in [1.29, 1.82) is 0 Å². The first-order valence-electron chi connectivity index (χ1n) is 7.91. The van der Waals surface area contributed by atoms with Crippen LogP contribution in [0.25, 0.3) is 21.8 Å². The van der Waals surface area contributed by atoms with Gasteiger partial charge in [-0.05, 0) is 61.2 Å². The molecule has 0 N–H and O–H groups in total. The molecular weight excluding hydrogens is 306 g/mol. The van der Waals surface area contributed by atoms with Crippen LogP contribution < -0.4 is 9.47 Å². The number of hydrogen-bond acceptors (Lipinski definition) is 3. The second-order valence-corrected chi connectivity index (χ2v) is 6.60. The molecule has 0 aliphatic heterocycles. The second-order valence-electron chi connectivity index (χ2n) is 5.62. The minimum Gasteiger partial charge on any atom is -0.497 e. The lowest BCUT2D eigenvalue weighted by Gasteiger charge is -2.08. The number of aryl methyl sites for hydroxylation is 1. The molecule has 122 valence electrons. The van der Waals surface area contributed by atoms with Crippen molar-refractivity contribution in [2.45, 2.75) is 19.4 Å². The fourth-order valence-electron chi connectivity index (χ4n) is 3.07. The molecule has 1 heterocycles. The lowest BCUT2D eigenvalue weighted by molar-refractivity contribution is 0.415. The fraction of sp³-hybridized carbons (Fsp3) is 0.368. The number of thioether (sulfide) groups is 1. The topological polar surface area (TPSA) is 23.4 Å². The molecule has 2 aromatic carbocycles. The van der Waals surface area contributed by atoms with Crippen LogP contribution in [0.3, 0.4) is 0 Å². The minimum absolute atomic E-state index is 0.891. The Bertz CT molecular complexity index is 749. The standard InChI is InChI=1S/C19H23NO2S/c1-21-14-6-8-18-16(12-14)17-13-15(22-2)7-9-19(17)20(18)10-4-5-11-23-3/h6-9,12-13H,4-5,10-11H2,1-3H3. The summed E-state index contributed by atoms with van der Waals surface area (Å²) in [6.07, 6.45) is 4.60. The molecule has 3 rings (SSSR count). The van der Waals surface area contributed by atoms with Gasteiger partial charge in [-0.15, -0.1) is 0 Å². The predicted molar refractivity (Wildman–Crippen MR) is 100 cm³/mol. The zero-order chi connectivity index (χ0) is 16.2. The number of fused-ring (bicyclic) bond motifs is 3. The zero-order valence-corrected chi connectivity index (χ0v) is 14.8. The maximum Gasteiger partial charge on any atom is 0.119 e. The summed E-state index contributed by atoms with van der Waals surface area (Å²) in [5.41, 5.74) is 2.52. The highest BCUT2D eigenvalue weighted by atomic mass is 32.2. The van der Waals surface area contributed by atoms with Gasteiger partial charge in [-0.2, -0.15) is 11.8 Å². The van der Waals surface area contributed by atoms with E-state index in [-0.39, 0.29) is 0 Å². The molecule has 3 nitrogen and oxygen atoms in total. The van der Waals surface area contributed by atoms with Crippen molar-refractivity contribution in [3.05, 3.63) is 36.4 Å². The zero-order valence-electron chi connectivity index (χ0n) is 14.0. The van der Waals surface area contributed by atoms with E-state index >= 15 is 0 Å². The number of unbranched alkanes of at least 4 members (excludes halogenated alkanes) is 1. The van der Waals surface area contributed by atoms with Gasteiger partial charge in [0.15, 0.2) is 0 Å². The number of nitrogens with zero attached hydrogens (tertiary/aromatic N) is 1. The van der Waals surface area contributed by atoms with Crippen molar-refractivity contribution in [3.63, 3.8) is 0 Å². The van der Waals surface area contributed by atoms with Crippen LogP contribution in [0.1, 0.15) is 12.8 Å². The molecule has 0 unspecified atom stereocenters. The Balaban J connectivity index is 2.11. The van der Waals surface area contributed by atoms with Crippen LogP contribution in [0.2, 0.25) is 0 Å². The summed E-state index contributed by atoms with van der Waals surface area (Å²) in [4.78, 5) is 0. The first kappa shape index (κ1) is 16.1. The molecule has 0 amide bonds. The van der Waals surface area contributed by atoms with Crippen LogP contribution in [0, 0.1) is 0 Å². The minimum atomic E-state index is 0.891. The maximum absolute atomic E-state index is 5.41. The van der Waals surface area contributed by atoms with E-state index in [0.717, 1.165) is 18.0 Å². The number of ether oxygens (including phenoxy) is 2. The molecule has 0 spiro atoms. The summed E-state index contributed by atoms with van der Waals surface area (Å²) < 4.78 is 13.2. The number of methoxy groups -OCH3 is 2. The van der Waals surface area contributed by atoms with Crippen molar-refractivity contribution >= 4 is 33.6 Å². The SMILES string of the molecule is COc1ccc2c(c1)c1cc(OC)ccc1n2CCCCSC. The van der Waals surface area contributed by atoms with Gasteiger partial charge >= 0.3 is 0 Å². The van der Waals surface area contributed by atoms with Gasteiger partial charge in [-0.25, -0.2) is 0 Å². The molecule has 4 heteroatoms. The number of aromatic nitrogens is 1. The predicted octanol–water partition coefficient (Wildman–Crippen LogP) is 4.95. The van der Waals surface area contributed by atoms with Gasteiger partial charge in [0.25, 0.3) is 0 Å². The molecule has 0 radical (unpaired) electrons. The summed E-state index contributed by atoms with van der Waals surface area (Å²) in [5.74, 6) is 3.00. The first-order valence-corrected chi connectivity index (χ1v) is 9.31. The van der Waals surface area contributed by atoms with E-state index in [9.17, 15) is 0 Å². The van der Waals surface area contributed by atoms with Gasteiger partial charge < -0.3 is 14.0 Å². The van der Waals surface area contributed by atoms with E-state index in [1.54, 1.807) is 14.2 Å². The Morgan fingerprint density at radius 3 is 1.91 bits per heavy atom. The molecule has 0 fully saturated rings. The van der Waals surface area contributed by atoms with Crippen LogP contribution in [0.15, 0.2) is 36.4 Å². The maximum atomic E-state index is 5.41. The van der Waals surface area contributed by atoms with E-state index in [2.05, 4.69) is 35.1 Å². The molecule has 0 atom stereocenters. The van der Waals surface area contributed by atoms with Crippen molar-refractivity contribution in [2.24, 2.45) is 0 Å². The quantitative estimate of drug-likeness (QED) is 0.573. The molecule has 0 aliphatic carbocycles. The molecule has 0 saturated carbocycles. The highest BCUT2D eigenvalue weighted by Gasteiger charge is 2.12. The monoisotopic (exact) mass is 329 g/mol. The molecular formula is C19H23NO2S. The first-order chi connectivity index (χ1) is 11.3. The van der Waals surface area contributed by atoms with E-state index in [4.69, 9.17) is 9.47 Å². The van der Waals surface area contributed by atoms with E-state index < -0.39 is 0 Å². The van der Waals surface area contributed by atoms with Crippen LogP contribution in [0.4, 0.5) is 0 Å². The van der Waals surface area contributed by atoms with Crippen molar-refractivity contribution in [3.8, 4) is 11.5 Å². The Kier molecular flexibility index (Phi) is 5.01. The Labute approximate surface area is 141 Å². The molecule has 0 aliphatic rings. The highest BCUT2D eigenvalue weighted by molar-refractivity contribution is 7.98. The summed E-state index contributed by atoms with van der Waals surface area (Å²) in [6.45, 7) is 1.04. The summed E-state index contributed by atoms with van der Waals surface area (Å²) >= 11 is 1.91. The average Bonchev–Trinajstić information content (AvgIpc) is 2.91. The molecule has 0 bridgehead atoms. The van der Waals surface area contributed by atoms with Gasteiger partial charge in [0.2, 0.25) is 0 Å². The smallest absolute Gasteiger partial charge is 0.119 e. The van der Waals surface area contributed by atoms with E-state index in [1.807, 2.05) is 23.9 Å². The fourth-order valence-corrected chi connectivity index (χ4v) is 3.57. The Hall–Kier alpha value is -1.81. The number of benzene rings is 2. The molecule has 1 aromatic heterocycles. The van der Waals surface area contributed by atoms with Gasteiger partial charge in [0.1, 0.15) is 11.5 Å². The van der Waals surface area contributed by atoms with Crippen molar-refractivity contribution in [2.75, 3.05) is 26.2 Å². The lowest BCUT2D eigenvalue weighted by atomic mass is 10.1. The normalized spacial score (nSPS) is 11.3. The Morgan fingerprint density at radius 1 is 0.870 bits per heavy atom. The number of rotatable bonds is 7. The average molecular weight is 329 g/mol. The second kappa shape index (κ2) is 7.18. The van der Waals surface area contributed by atoms with Crippen molar-refractivity contribution in [1.82, 2.24) is 4.57 Å². The van der Waals surface area contributed by atoms with Crippen LogP contribution in [-0.4, -0.2) is 30.8 Å². The molecule has 23 heavy (non-hydrogen) atoms. The van der Waals surface area contributed by atoms with Crippen LogP contribution in [-0.2, 0) is 6.54 Å². The van der Waals surface area contributed by atoms with E-state index in [1.165, 1.54) is 40.4 Å². The number of hydrogen-bond donors (Lipinski definition) is 0. The van der Waals surface area contributed by atoms with Gasteiger partial charge in [-0.1, -0.05) is 0 Å². The third-order valence-corrected chi connectivity index (χ3v) is 4.96. The third kappa shape index (κ3) is 3.13. The van der Waals surface area contributed by atoms with Crippen LogP contribution in [0.5, 0.6) is 11.5 Å². The van der Waals surface area contributed by atoms with E-state index in [0.29, 0.717) is 0 Å². The van der Waals surface area contributed by atoms with Crippen molar-refractivity contribution < 1.29 is 9.47 Å². The lowest BCUT2D eigenvalue weighted by Crippen LogP contribution is -1.98. The largest absolute Gasteiger partial charge is 0.497 e. The van der Waals surface area contributed by atoms with Gasteiger partial charge in [0.05, 0.1) is 14.2 Å². The summed E-state index contributed by atoms with van der Waals surface area (Å²) in [5, 5.41) is 2.45. The summed E-state index contributed by atoms with van der Waals surface area (Å²) in [7, 11) is 3.42. The molecule has 3 aromatic rings. The molecule has 0 saturated heterocycles. The highest BCUT2D eigenvalue weighted by Crippen LogP contribution is 2.34. The van der Waals surface area contributed by atoms with Gasteiger partial charge in [0, 0.05) is 28.4 Å². The third-order valence-electron chi connectivity index (χ3n) is 4.26. The summed E-state index contributed by atoms with van der Waals surface area (Å²) in [6, 6.07) is 12.6. The Morgan fingerprint density at radius 2 is 1.43 bits per heavy atom. The van der Waals surface area contributed by atoms with Gasteiger partial charge in [-0.3, -0.25) is 0 Å². The van der Waals surface area contributed by atoms with Crippen LogP contribution >= 0.6 is 11.8 Å².